The average Bonchev–Trinajstić information content (AvgIpc) is 1.94. The van der Waals surface area contributed by atoms with Gasteiger partial charge in [0.2, 0.25) is 0 Å². The van der Waals surface area contributed by atoms with Gasteiger partial charge in [0.15, 0.2) is 0 Å². The molecule has 0 aromatic carbocycles. The van der Waals surface area contributed by atoms with Gasteiger partial charge in [-0.15, -0.1) is 0 Å². The molecule has 1 aliphatic rings. The zero-order valence-corrected chi connectivity index (χ0v) is 5.82. The van der Waals surface area contributed by atoms with Crippen molar-refractivity contribution in [1.29, 1.82) is 0 Å². The lowest BCUT2D eigenvalue weighted by Crippen LogP contribution is -1.87. The summed E-state index contributed by atoms with van der Waals surface area (Å²) in [5.74, 6) is 1.03. The molecule has 0 aromatic rings. The van der Waals surface area contributed by atoms with Crippen LogP contribution in [-0.4, -0.2) is 7.85 Å². The summed E-state index contributed by atoms with van der Waals surface area (Å²) in [5.41, 5.74) is 0. The molecule has 0 unspecified atom stereocenters. The fourth-order valence-corrected chi connectivity index (χ4v) is 1.48. The first-order valence-corrected chi connectivity index (χ1v) is 3.89. The molecule has 1 heteroatoms. The van der Waals surface area contributed by atoms with E-state index in [9.17, 15) is 0 Å². The Hall–Kier alpha value is 0.0649. The fourth-order valence-electron chi connectivity index (χ4n) is 1.48. The van der Waals surface area contributed by atoms with Gasteiger partial charge < -0.3 is 0 Å². The summed E-state index contributed by atoms with van der Waals surface area (Å²) in [4.78, 5) is 0. The third-order valence-electron chi connectivity index (χ3n) is 2.14. The Morgan fingerprint density at radius 3 is 1.88 bits per heavy atom. The Kier molecular flexibility index (Phi) is 2.45. The molecule has 46 valence electrons. The lowest BCUT2D eigenvalue weighted by atomic mass is 9.81. The first-order valence-electron chi connectivity index (χ1n) is 3.89. The first-order chi connectivity index (χ1) is 3.89. The highest BCUT2D eigenvalue weighted by Gasteiger charge is 2.05. The van der Waals surface area contributed by atoms with Crippen molar-refractivity contribution in [2.24, 2.45) is 0 Å². The molecule has 0 N–H and O–H groups in total. The molecule has 1 rings (SSSR count). The summed E-state index contributed by atoms with van der Waals surface area (Å²) in [6, 6.07) is 0. The van der Waals surface area contributed by atoms with E-state index in [0.717, 1.165) is 5.82 Å². The van der Waals surface area contributed by atoms with Gasteiger partial charge in [-0.05, 0) is 0 Å². The molecular formula is C7H15B. The summed E-state index contributed by atoms with van der Waals surface area (Å²) >= 11 is 0. The normalized spacial score (nSPS) is 25.0. The molecule has 0 atom stereocenters. The van der Waals surface area contributed by atoms with Gasteiger partial charge in [0.05, 0.1) is 0 Å². The molecule has 0 aromatic heterocycles. The van der Waals surface area contributed by atoms with Crippen molar-refractivity contribution in [2.45, 2.75) is 44.3 Å². The zero-order chi connectivity index (χ0) is 5.82. The van der Waals surface area contributed by atoms with Gasteiger partial charge in [-0.1, -0.05) is 44.3 Å². The minimum atomic E-state index is 1.03. The molecule has 0 saturated heterocycles. The maximum atomic E-state index is 2.38. The van der Waals surface area contributed by atoms with Crippen LogP contribution in [-0.2, 0) is 0 Å². The van der Waals surface area contributed by atoms with Crippen molar-refractivity contribution >= 4 is 7.85 Å². The Balaban J connectivity index is 2.17. The van der Waals surface area contributed by atoms with Crippen molar-refractivity contribution < 1.29 is 0 Å². The van der Waals surface area contributed by atoms with Gasteiger partial charge >= 0.3 is 0 Å². The van der Waals surface area contributed by atoms with E-state index in [1.54, 1.807) is 0 Å². The van der Waals surface area contributed by atoms with Crippen LogP contribution in [0.2, 0.25) is 5.82 Å². The average molecular weight is 110 g/mol. The number of rotatable bonds is 0. The van der Waals surface area contributed by atoms with Crippen molar-refractivity contribution in [3.63, 3.8) is 0 Å². The van der Waals surface area contributed by atoms with Gasteiger partial charge in [0, 0.05) is 0 Å². The van der Waals surface area contributed by atoms with E-state index in [0.29, 0.717) is 0 Å². The zero-order valence-electron chi connectivity index (χ0n) is 5.82. The van der Waals surface area contributed by atoms with Crippen LogP contribution in [0.1, 0.15) is 38.5 Å². The Morgan fingerprint density at radius 1 is 0.875 bits per heavy atom. The highest BCUT2D eigenvalue weighted by Crippen LogP contribution is 2.23. The molecule has 1 aliphatic carbocycles. The minimum Gasteiger partial charge on any atom is -0.0697 e. The van der Waals surface area contributed by atoms with Crippen LogP contribution in [0.15, 0.2) is 0 Å². The third-order valence-corrected chi connectivity index (χ3v) is 2.14. The van der Waals surface area contributed by atoms with Gasteiger partial charge in [-0.3, -0.25) is 0 Å². The van der Waals surface area contributed by atoms with E-state index in [1.165, 1.54) is 38.5 Å². The molecule has 0 spiro atoms. The van der Waals surface area contributed by atoms with E-state index >= 15 is 0 Å². The molecule has 0 nitrogen and oxygen atoms in total. The van der Waals surface area contributed by atoms with E-state index in [-0.39, 0.29) is 0 Å². The monoisotopic (exact) mass is 110 g/mol. The minimum absolute atomic E-state index is 1.03. The number of hydrogen-bond donors (Lipinski definition) is 0. The third kappa shape index (κ3) is 1.89. The predicted molar refractivity (Wildman–Crippen MR) is 40.0 cm³/mol. The molecule has 1 saturated carbocycles. The Morgan fingerprint density at radius 2 is 1.38 bits per heavy atom. The Bertz CT molecular complexity index is 53.4. The van der Waals surface area contributed by atoms with Gasteiger partial charge in [0.25, 0.3) is 0 Å². The fraction of sp³-hybridized carbons (Fsp3) is 1.00. The Labute approximate surface area is 53.1 Å². The van der Waals surface area contributed by atoms with Gasteiger partial charge in [-0.25, -0.2) is 0 Å². The molecule has 0 amide bonds. The summed E-state index contributed by atoms with van der Waals surface area (Å²) < 4.78 is 0. The second-order valence-corrected chi connectivity index (χ2v) is 3.10. The van der Waals surface area contributed by atoms with Crippen molar-refractivity contribution in [2.75, 3.05) is 0 Å². The van der Waals surface area contributed by atoms with Crippen LogP contribution in [0, 0.1) is 0 Å². The molecule has 0 heterocycles. The van der Waals surface area contributed by atoms with Crippen molar-refractivity contribution in [3.8, 4) is 0 Å². The van der Waals surface area contributed by atoms with Gasteiger partial charge in [-0.2, -0.15) is 0 Å². The second kappa shape index (κ2) is 3.16. The highest BCUT2D eigenvalue weighted by atomic mass is 14.1. The highest BCUT2D eigenvalue weighted by molar-refractivity contribution is 6.11. The maximum absolute atomic E-state index is 2.38. The van der Waals surface area contributed by atoms with Crippen LogP contribution in [0.25, 0.3) is 0 Å². The van der Waals surface area contributed by atoms with Crippen LogP contribution in [0.4, 0.5) is 0 Å². The van der Waals surface area contributed by atoms with Crippen molar-refractivity contribution in [3.05, 3.63) is 0 Å². The summed E-state index contributed by atoms with van der Waals surface area (Å²) in [6.07, 6.45) is 8.93. The second-order valence-electron chi connectivity index (χ2n) is 3.10. The summed E-state index contributed by atoms with van der Waals surface area (Å²) in [6.45, 7) is 0. The molecule has 0 radical (unpaired) electrons. The van der Waals surface area contributed by atoms with Gasteiger partial charge in [0.1, 0.15) is 7.85 Å². The maximum Gasteiger partial charge on any atom is 0.105 e. The smallest absolute Gasteiger partial charge is 0.0697 e. The largest absolute Gasteiger partial charge is 0.105 e. The standard InChI is InChI=1S/C7H15B/c8-7-5-3-1-2-4-6-7/h7H,1-6,8H2. The summed E-state index contributed by atoms with van der Waals surface area (Å²) in [5, 5.41) is 0. The van der Waals surface area contributed by atoms with Crippen LogP contribution in [0.5, 0.6) is 0 Å². The first kappa shape index (κ1) is 6.19. The topological polar surface area (TPSA) is 0 Å². The quantitative estimate of drug-likeness (QED) is 0.329. The predicted octanol–water partition coefficient (Wildman–Crippen LogP) is 1.76. The molecule has 0 bridgehead atoms. The van der Waals surface area contributed by atoms with Crippen LogP contribution in [0.3, 0.4) is 0 Å². The lowest BCUT2D eigenvalue weighted by Gasteiger charge is -2.02. The molecule has 0 aliphatic heterocycles. The molecule has 1 fully saturated rings. The van der Waals surface area contributed by atoms with E-state index in [1.807, 2.05) is 0 Å². The van der Waals surface area contributed by atoms with Crippen LogP contribution >= 0.6 is 0 Å². The van der Waals surface area contributed by atoms with E-state index in [4.69, 9.17) is 0 Å². The molecule has 8 heavy (non-hydrogen) atoms. The lowest BCUT2D eigenvalue weighted by molar-refractivity contribution is 0.700. The van der Waals surface area contributed by atoms with Crippen molar-refractivity contribution in [1.82, 2.24) is 0 Å². The van der Waals surface area contributed by atoms with E-state index < -0.39 is 0 Å². The SMILES string of the molecule is BC1CCCCCC1. The molecular weight excluding hydrogens is 94.9 g/mol. The number of hydrogen-bond acceptors (Lipinski definition) is 0. The van der Waals surface area contributed by atoms with Crippen LogP contribution < -0.4 is 0 Å². The van der Waals surface area contributed by atoms with E-state index in [2.05, 4.69) is 7.85 Å². The summed E-state index contributed by atoms with van der Waals surface area (Å²) in [7, 11) is 2.38.